The number of nitrogens with one attached hydrogen (secondary N) is 1. The van der Waals surface area contributed by atoms with Crippen LogP contribution in [0.1, 0.15) is 30.4 Å². The molecule has 33 heavy (non-hydrogen) atoms. The fraction of sp³-hybridized carbons (Fsp3) is 0.400. The Hall–Kier alpha value is -3.39. The molecule has 2 aromatic carbocycles. The molecule has 4 rings (SSSR count). The van der Waals surface area contributed by atoms with E-state index < -0.39 is 30.1 Å². The zero-order valence-electron chi connectivity index (χ0n) is 18.7. The van der Waals surface area contributed by atoms with E-state index in [9.17, 15) is 19.5 Å². The van der Waals surface area contributed by atoms with E-state index in [1.165, 1.54) is 12.0 Å². The lowest BCUT2D eigenvalue weighted by Crippen LogP contribution is -2.54. The number of alkyl carbamates (subject to hydrolysis) is 1. The number of likely N-dealkylation sites (tertiary alicyclic amines) is 1. The zero-order chi connectivity index (χ0) is 23.5. The lowest BCUT2D eigenvalue weighted by atomic mass is 9.98. The molecule has 0 radical (unpaired) electrons. The van der Waals surface area contributed by atoms with E-state index in [0.29, 0.717) is 13.0 Å². The molecule has 1 saturated heterocycles. The third-order valence-electron chi connectivity index (χ3n) is 6.50. The lowest BCUT2D eigenvalue weighted by molar-refractivity contribution is -0.150. The molecular formula is C25H28N2O6. The second-order valence-corrected chi connectivity index (χ2v) is 8.56. The Morgan fingerprint density at radius 3 is 2.27 bits per heavy atom. The van der Waals surface area contributed by atoms with Crippen LogP contribution in [0.5, 0.6) is 0 Å². The van der Waals surface area contributed by atoms with Gasteiger partial charge in [0, 0.05) is 19.6 Å². The van der Waals surface area contributed by atoms with E-state index in [1.807, 2.05) is 36.4 Å². The van der Waals surface area contributed by atoms with Crippen LogP contribution in [0.3, 0.4) is 0 Å². The summed E-state index contributed by atoms with van der Waals surface area (Å²) in [6.45, 7) is 2.16. The minimum atomic E-state index is -1.05. The van der Waals surface area contributed by atoms with Gasteiger partial charge in [-0.25, -0.2) is 9.59 Å². The third kappa shape index (κ3) is 4.43. The highest BCUT2D eigenvalue weighted by molar-refractivity contribution is 5.90. The van der Waals surface area contributed by atoms with Gasteiger partial charge in [-0.15, -0.1) is 0 Å². The van der Waals surface area contributed by atoms with Gasteiger partial charge < -0.3 is 24.8 Å². The van der Waals surface area contributed by atoms with E-state index in [0.717, 1.165) is 22.3 Å². The predicted octanol–water partition coefficient (Wildman–Crippen LogP) is 2.86. The van der Waals surface area contributed by atoms with Crippen molar-refractivity contribution in [2.45, 2.75) is 31.3 Å². The van der Waals surface area contributed by atoms with Crippen LogP contribution in [0.2, 0.25) is 0 Å². The molecule has 0 bridgehead atoms. The maximum absolute atomic E-state index is 13.0. The van der Waals surface area contributed by atoms with Crippen molar-refractivity contribution in [2.24, 2.45) is 5.92 Å². The molecule has 0 aromatic heterocycles. The quantitative estimate of drug-likeness (QED) is 0.669. The number of aliphatic carboxylic acids is 1. The van der Waals surface area contributed by atoms with Crippen molar-refractivity contribution < 1.29 is 29.0 Å². The number of rotatable bonds is 7. The number of carboxylic acid groups (broad SMARTS) is 1. The summed E-state index contributed by atoms with van der Waals surface area (Å²) >= 11 is 0. The lowest BCUT2D eigenvalue weighted by Gasteiger charge is -2.28. The predicted molar refractivity (Wildman–Crippen MR) is 121 cm³/mol. The minimum Gasteiger partial charge on any atom is -0.480 e. The SMILES string of the molecule is COC[C@H](NC(=O)OCC1c2ccccc2-c2ccccc21)C(=O)N1CCC(C)C1C(=O)O. The standard InChI is InChI=1S/C25H28N2O6/c1-15-11-12-27(22(15)24(29)30)23(28)21(14-32-2)26-25(31)33-13-20-18-9-5-3-7-16(18)17-8-4-6-10-19(17)20/h3-10,15,20-22H,11-14H2,1-2H3,(H,26,31)(H,29,30)/t15?,21-,22?/m0/s1. The van der Waals surface area contributed by atoms with E-state index in [4.69, 9.17) is 9.47 Å². The number of carbonyl (C=O) groups excluding carboxylic acids is 2. The van der Waals surface area contributed by atoms with Crippen molar-refractivity contribution in [2.75, 3.05) is 26.9 Å². The van der Waals surface area contributed by atoms with Crippen LogP contribution in [0.25, 0.3) is 11.1 Å². The largest absolute Gasteiger partial charge is 0.480 e. The minimum absolute atomic E-state index is 0.0831. The maximum Gasteiger partial charge on any atom is 0.407 e. The summed E-state index contributed by atoms with van der Waals surface area (Å²) in [4.78, 5) is 38.6. The summed E-state index contributed by atoms with van der Waals surface area (Å²) in [6, 6.07) is 14.1. The normalized spacial score (nSPS) is 20.1. The van der Waals surface area contributed by atoms with Gasteiger partial charge in [0.1, 0.15) is 18.7 Å². The van der Waals surface area contributed by atoms with Crippen LogP contribution in [-0.4, -0.2) is 66.9 Å². The second kappa shape index (κ2) is 9.62. The van der Waals surface area contributed by atoms with Gasteiger partial charge in [0.15, 0.2) is 0 Å². The Morgan fingerprint density at radius 2 is 1.70 bits per heavy atom. The van der Waals surface area contributed by atoms with Crippen molar-refractivity contribution in [3.8, 4) is 11.1 Å². The Morgan fingerprint density at radius 1 is 1.09 bits per heavy atom. The first kappa shape index (κ1) is 22.8. The molecule has 1 heterocycles. The van der Waals surface area contributed by atoms with Crippen molar-refractivity contribution in [3.63, 3.8) is 0 Å². The van der Waals surface area contributed by atoms with Crippen LogP contribution in [0.4, 0.5) is 4.79 Å². The number of hydrogen-bond donors (Lipinski definition) is 2. The Labute approximate surface area is 192 Å². The summed E-state index contributed by atoms with van der Waals surface area (Å²) in [5, 5.41) is 12.1. The average Bonchev–Trinajstić information content (AvgIpc) is 3.35. The van der Waals surface area contributed by atoms with Crippen molar-refractivity contribution in [1.82, 2.24) is 10.2 Å². The molecule has 8 heteroatoms. The van der Waals surface area contributed by atoms with Gasteiger partial charge in [0.05, 0.1) is 6.61 Å². The first-order valence-electron chi connectivity index (χ1n) is 11.1. The van der Waals surface area contributed by atoms with Crippen LogP contribution in [-0.2, 0) is 19.1 Å². The second-order valence-electron chi connectivity index (χ2n) is 8.56. The van der Waals surface area contributed by atoms with Gasteiger partial charge >= 0.3 is 12.1 Å². The van der Waals surface area contributed by atoms with E-state index >= 15 is 0 Å². The maximum atomic E-state index is 13.0. The number of carboxylic acids is 1. The fourth-order valence-corrected chi connectivity index (χ4v) is 4.89. The summed E-state index contributed by atoms with van der Waals surface area (Å²) in [7, 11) is 1.42. The number of nitrogens with zero attached hydrogens (tertiary/aromatic N) is 1. The molecular weight excluding hydrogens is 424 g/mol. The van der Waals surface area contributed by atoms with Gasteiger partial charge in [-0.1, -0.05) is 55.5 Å². The first-order chi connectivity index (χ1) is 15.9. The summed E-state index contributed by atoms with van der Waals surface area (Å²) in [6.07, 6.45) is -0.153. The number of hydrogen-bond acceptors (Lipinski definition) is 5. The fourth-order valence-electron chi connectivity index (χ4n) is 4.89. The number of carbonyl (C=O) groups is 3. The molecule has 2 aliphatic rings. The monoisotopic (exact) mass is 452 g/mol. The molecule has 2 amide bonds. The van der Waals surface area contributed by atoms with Crippen molar-refractivity contribution >= 4 is 18.0 Å². The molecule has 3 atom stereocenters. The smallest absolute Gasteiger partial charge is 0.407 e. The Bertz CT molecular complexity index is 1010. The van der Waals surface area contributed by atoms with Crippen molar-refractivity contribution in [3.05, 3.63) is 59.7 Å². The molecule has 1 aliphatic carbocycles. The highest BCUT2D eigenvalue weighted by atomic mass is 16.5. The number of amides is 2. The molecule has 2 N–H and O–H groups in total. The third-order valence-corrected chi connectivity index (χ3v) is 6.50. The summed E-state index contributed by atoms with van der Waals surface area (Å²) in [5.41, 5.74) is 4.42. The molecule has 2 aromatic rings. The van der Waals surface area contributed by atoms with E-state index in [-0.39, 0.29) is 25.0 Å². The molecule has 1 fully saturated rings. The highest BCUT2D eigenvalue weighted by Gasteiger charge is 2.42. The molecule has 174 valence electrons. The van der Waals surface area contributed by atoms with Gasteiger partial charge in [-0.2, -0.15) is 0 Å². The average molecular weight is 453 g/mol. The molecule has 8 nitrogen and oxygen atoms in total. The molecule has 1 aliphatic heterocycles. The van der Waals surface area contributed by atoms with Gasteiger partial charge in [-0.3, -0.25) is 4.79 Å². The summed E-state index contributed by atoms with van der Waals surface area (Å²) in [5.74, 6) is -1.80. The number of fused-ring (bicyclic) bond motifs is 3. The van der Waals surface area contributed by atoms with Crippen molar-refractivity contribution in [1.29, 1.82) is 0 Å². The zero-order valence-corrected chi connectivity index (χ0v) is 18.7. The molecule has 0 spiro atoms. The molecule has 0 saturated carbocycles. The number of ether oxygens (including phenoxy) is 2. The van der Waals surface area contributed by atoms with Gasteiger partial charge in [0.25, 0.3) is 0 Å². The van der Waals surface area contributed by atoms with Gasteiger partial charge in [0.2, 0.25) is 5.91 Å². The van der Waals surface area contributed by atoms with Gasteiger partial charge in [-0.05, 0) is 34.6 Å². The topological polar surface area (TPSA) is 105 Å². The summed E-state index contributed by atoms with van der Waals surface area (Å²) < 4.78 is 10.6. The Balaban J connectivity index is 1.43. The highest BCUT2D eigenvalue weighted by Crippen LogP contribution is 2.44. The van der Waals surface area contributed by atoms with Crippen LogP contribution >= 0.6 is 0 Å². The van der Waals surface area contributed by atoms with Crippen LogP contribution < -0.4 is 5.32 Å². The Kier molecular flexibility index (Phi) is 6.65. The van der Waals surface area contributed by atoms with Crippen LogP contribution in [0, 0.1) is 5.92 Å². The van der Waals surface area contributed by atoms with E-state index in [2.05, 4.69) is 17.4 Å². The van der Waals surface area contributed by atoms with Crippen LogP contribution in [0.15, 0.2) is 48.5 Å². The van der Waals surface area contributed by atoms with E-state index in [1.54, 1.807) is 6.92 Å². The first-order valence-corrected chi connectivity index (χ1v) is 11.1. The molecule has 2 unspecified atom stereocenters. The number of methoxy groups -OCH3 is 1. The number of benzene rings is 2.